The first-order chi connectivity index (χ1) is 9.03. The van der Waals surface area contributed by atoms with Gasteiger partial charge in [0.2, 0.25) is 5.91 Å². The minimum absolute atomic E-state index is 0.0417. The second kappa shape index (κ2) is 5.88. The van der Waals surface area contributed by atoms with E-state index in [9.17, 15) is 14.3 Å². The van der Waals surface area contributed by atoms with Gasteiger partial charge in [0.15, 0.2) is 0 Å². The van der Waals surface area contributed by atoms with Crippen LogP contribution in [0.15, 0.2) is 24.3 Å². The Kier molecular flexibility index (Phi) is 4.42. The van der Waals surface area contributed by atoms with Gasteiger partial charge in [-0.2, -0.15) is 0 Å². The number of carbonyl (C=O) groups excluding carboxylic acids is 1. The van der Waals surface area contributed by atoms with Crippen LogP contribution in [0.2, 0.25) is 0 Å². The van der Waals surface area contributed by atoms with E-state index in [2.05, 4.69) is 5.32 Å². The summed E-state index contributed by atoms with van der Waals surface area (Å²) < 4.78 is 13.2. The van der Waals surface area contributed by atoms with Gasteiger partial charge in [-0.05, 0) is 43.4 Å². The van der Waals surface area contributed by atoms with Crippen molar-refractivity contribution >= 4 is 17.5 Å². The summed E-state index contributed by atoms with van der Waals surface area (Å²) in [4.78, 5) is 11.2. The lowest BCUT2D eigenvalue weighted by atomic mass is 9.77. The van der Waals surface area contributed by atoms with Crippen molar-refractivity contribution < 1.29 is 14.3 Å². The molecule has 1 fully saturated rings. The van der Waals surface area contributed by atoms with Crippen molar-refractivity contribution in [2.45, 2.75) is 37.3 Å². The minimum Gasteiger partial charge on any atom is -0.385 e. The third-order valence-corrected chi connectivity index (χ3v) is 3.90. The van der Waals surface area contributed by atoms with Gasteiger partial charge in [-0.3, -0.25) is 4.79 Å². The average Bonchev–Trinajstić information content (AvgIpc) is 2.41. The van der Waals surface area contributed by atoms with Crippen LogP contribution in [0, 0.1) is 5.82 Å². The Labute approximate surface area is 116 Å². The van der Waals surface area contributed by atoms with E-state index in [0.717, 1.165) is 0 Å². The van der Waals surface area contributed by atoms with Gasteiger partial charge < -0.3 is 10.4 Å². The second-order valence-electron chi connectivity index (χ2n) is 5.02. The Hall–Kier alpha value is -1.13. The molecule has 0 spiro atoms. The number of hydrogen-bond acceptors (Lipinski definition) is 2. The minimum atomic E-state index is -0.996. The SMILES string of the molecule is O=C(CCl)NC1CCC(O)(c2cccc(F)c2)CC1. The summed E-state index contributed by atoms with van der Waals surface area (Å²) >= 11 is 5.44. The molecule has 2 rings (SSSR count). The second-order valence-corrected chi connectivity index (χ2v) is 5.28. The van der Waals surface area contributed by atoms with E-state index in [1.807, 2.05) is 0 Å². The largest absolute Gasteiger partial charge is 0.385 e. The molecule has 0 heterocycles. The molecule has 3 nitrogen and oxygen atoms in total. The highest BCUT2D eigenvalue weighted by Crippen LogP contribution is 2.37. The molecule has 1 saturated carbocycles. The fourth-order valence-corrected chi connectivity index (χ4v) is 2.65. The first-order valence-electron chi connectivity index (χ1n) is 6.37. The van der Waals surface area contributed by atoms with Crippen LogP contribution in [0.5, 0.6) is 0 Å². The van der Waals surface area contributed by atoms with Crippen LogP contribution in [-0.4, -0.2) is 22.9 Å². The lowest BCUT2D eigenvalue weighted by molar-refractivity contribution is -0.120. The molecule has 0 aliphatic heterocycles. The maximum absolute atomic E-state index is 13.2. The van der Waals surface area contributed by atoms with Crippen molar-refractivity contribution in [1.29, 1.82) is 0 Å². The number of benzene rings is 1. The third kappa shape index (κ3) is 3.45. The van der Waals surface area contributed by atoms with Gasteiger partial charge in [-0.1, -0.05) is 12.1 Å². The zero-order valence-electron chi connectivity index (χ0n) is 10.5. The fourth-order valence-electron chi connectivity index (χ4n) is 2.57. The molecular formula is C14H17ClFNO2. The van der Waals surface area contributed by atoms with Crippen molar-refractivity contribution in [1.82, 2.24) is 5.32 Å². The van der Waals surface area contributed by atoms with Gasteiger partial charge >= 0.3 is 0 Å². The van der Waals surface area contributed by atoms with Crippen LogP contribution in [0.3, 0.4) is 0 Å². The van der Waals surface area contributed by atoms with Crippen LogP contribution in [0.4, 0.5) is 4.39 Å². The third-order valence-electron chi connectivity index (χ3n) is 3.66. The van der Waals surface area contributed by atoms with Crippen LogP contribution in [0.1, 0.15) is 31.2 Å². The Morgan fingerprint density at radius 3 is 2.74 bits per heavy atom. The number of hydrogen-bond donors (Lipinski definition) is 2. The summed E-state index contributed by atoms with van der Waals surface area (Å²) in [5.41, 5.74) is -0.390. The van der Waals surface area contributed by atoms with Crippen LogP contribution < -0.4 is 5.32 Å². The van der Waals surface area contributed by atoms with E-state index in [4.69, 9.17) is 11.6 Å². The zero-order chi connectivity index (χ0) is 13.9. The molecule has 1 aromatic carbocycles. The normalized spacial score (nSPS) is 27.0. The fraction of sp³-hybridized carbons (Fsp3) is 0.500. The average molecular weight is 286 g/mol. The summed E-state index contributed by atoms with van der Waals surface area (Å²) in [5, 5.41) is 13.4. The molecular weight excluding hydrogens is 269 g/mol. The Morgan fingerprint density at radius 2 is 2.16 bits per heavy atom. The first kappa shape index (κ1) is 14.3. The molecule has 1 amide bonds. The smallest absolute Gasteiger partial charge is 0.235 e. The van der Waals surface area contributed by atoms with E-state index >= 15 is 0 Å². The zero-order valence-corrected chi connectivity index (χ0v) is 11.3. The number of rotatable bonds is 3. The van der Waals surface area contributed by atoms with Crippen LogP contribution in [-0.2, 0) is 10.4 Å². The summed E-state index contributed by atoms with van der Waals surface area (Å²) in [7, 11) is 0. The highest BCUT2D eigenvalue weighted by atomic mass is 35.5. The molecule has 0 radical (unpaired) electrons. The number of carbonyl (C=O) groups is 1. The van der Waals surface area contributed by atoms with Crippen molar-refractivity contribution in [2.75, 3.05) is 5.88 Å². The monoisotopic (exact) mass is 285 g/mol. The molecule has 0 atom stereocenters. The molecule has 1 aromatic rings. The van der Waals surface area contributed by atoms with E-state index < -0.39 is 5.60 Å². The van der Waals surface area contributed by atoms with Crippen LogP contribution in [0.25, 0.3) is 0 Å². The predicted molar refractivity (Wildman–Crippen MR) is 71.4 cm³/mol. The van der Waals surface area contributed by atoms with Crippen molar-refractivity contribution in [2.24, 2.45) is 0 Å². The summed E-state index contributed by atoms with van der Waals surface area (Å²) in [5.74, 6) is -0.587. The van der Waals surface area contributed by atoms with E-state index in [0.29, 0.717) is 31.2 Å². The van der Waals surface area contributed by atoms with Crippen LogP contribution >= 0.6 is 11.6 Å². The summed E-state index contributed by atoms with van der Waals surface area (Å²) in [6, 6.07) is 6.11. The summed E-state index contributed by atoms with van der Waals surface area (Å²) in [6.45, 7) is 0. The van der Waals surface area contributed by atoms with E-state index in [1.165, 1.54) is 12.1 Å². The highest BCUT2D eigenvalue weighted by Gasteiger charge is 2.35. The number of halogens is 2. The number of amides is 1. The molecule has 0 bridgehead atoms. The lowest BCUT2D eigenvalue weighted by Gasteiger charge is -2.36. The molecule has 104 valence electrons. The number of nitrogens with one attached hydrogen (secondary N) is 1. The molecule has 1 aliphatic rings. The van der Waals surface area contributed by atoms with Gasteiger partial charge in [0.1, 0.15) is 11.7 Å². The Balaban J connectivity index is 2.00. The van der Waals surface area contributed by atoms with Crippen molar-refractivity contribution in [3.63, 3.8) is 0 Å². The van der Waals surface area contributed by atoms with Gasteiger partial charge in [0, 0.05) is 6.04 Å². The van der Waals surface area contributed by atoms with Crippen molar-refractivity contribution in [3.8, 4) is 0 Å². The number of alkyl halides is 1. The maximum atomic E-state index is 13.2. The number of aliphatic hydroxyl groups is 1. The lowest BCUT2D eigenvalue weighted by Crippen LogP contribution is -2.42. The van der Waals surface area contributed by atoms with E-state index in [1.54, 1.807) is 12.1 Å². The predicted octanol–water partition coefficient (Wildman–Crippen LogP) is 2.31. The standard InChI is InChI=1S/C14H17ClFNO2/c15-9-13(18)17-12-4-6-14(19,7-5-12)10-2-1-3-11(16)8-10/h1-3,8,12,19H,4-7,9H2,(H,17,18). The van der Waals surface area contributed by atoms with E-state index in [-0.39, 0.29) is 23.6 Å². The Morgan fingerprint density at radius 1 is 1.47 bits per heavy atom. The molecule has 0 saturated heterocycles. The summed E-state index contributed by atoms with van der Waals surface area (Å²) in [6.07, 6.45) is 2.33. The topological polar surface area (TPSA) is 49.3 Å². The molecule has 2 N–H and O–H groups in total. The molecule has 19 heavy (non-hydrogen) atoms. The first-order valence-corrected chi connectivity index (χ1v) is 6.91. The quantitative estimate of drug-likeness (QED) is 0.838. The maximum Gasteiger partial charge on any atom is 0.235 e. The van der Waals surface area contributed by atoms with Gasteiger partial charge in [0.05, 0.1) is 5.60 Å². The molecule has 0 aromatic heterocycles. The van der Waals surface area contributed by atoms with Crippen molar-refractivity contribution in [3.05, 3.63) is 35.6 Å². The van der Waals surface area contributed by atoms with Gasteiger partial charge in [-0.15, -0.1) is 11.6 Å². The molecule has 5 heteroatoms. The molecule has 0 unspecified atom stereocenters. The molecule has 1 aliphatic carbocycles. The Bertz CT molecular complexity index is 459. The highest BCUT2D eigenvalue weighted by molar-refractivity contribution is 6.27. The van der Waals surface area contributed by atoms with Gasteiger partial charge in [-0.25, -0.2) is 4.39 Å². The van der Waals surface area contributed by atoms with Gasteiger partial charge in [0.25, 0.3) is 0 Å².